The fourth-order valence-electron chi connectivity index (χ4n) is 2.06. The number of amides is 2. The fraction of sp³-hybridized carbons (Fsp3) is 0.769. The third-order valence-corrected chi connectivity index (χ3v) is 3.37. The van der Waals surface area contributed by atoms with Gasteiger partial charge in [-0.3, -0.25) is 4.79 Å². The smallest absolute Gasteiger partial charge is 0.331 e. The first-order chi connectivity index (χ1) is 9.86. The van der Waals surface area contributed by atoms with Gasteiger partial charge in [0.1, 0.15) is 0 Å². The molecule has 2 N–H and O–H groups in total. The highest BCUT2D eigenvalue weighted by Gasteiger charge is 2.35. The number of ether oxygens (including phenoxy) is 2. The van der Waals surface area contributed by atoms with E-state index in [1.807, 2.05) is 13.8 Å². The maximum Gasteiger partial charge on any atom is 0.331 e. The van der Waals surface area contributed by atoms with Gasteiger partial charge in [-0.1, -0.05) is 13.8 Å². The Bertz CT molecular complexity index is 398. The standard InChI is InChI=1S/C13H22N2O6/c1-8(2)9(6-11(16)17)14-13(19)15-4-5-21-7-10(15)12(18)20-3/h8-10H,4-7H2,1-3H3,(H,14,19)(H,16,17). The normalized spacial score (nSPS) is 20.0. The molecule has 8 nitrogen and oxygen atoms in total. The molecule has 0 saturated carbocycles. The summed E-state index contributed by atoms with van der Waals surface area (Å²) < 4.78 is 9.84. The van der Waals surface area contributed by atoms with Crippen molar-refractivity contribution in [3.8, 4) is 0 Å². The molecule has 0 aliphatic carbocycles. The fourth-order valence-corrected chi connectivity index (χ4v) is 2.06. The molecule has 2 amide bonds. The Morgan fingerprint density at radius 3 is 2.62 bits per heavy atom. The van der Waals surface area contributed by atoms with Gasteiger partial charge in [0, 0.05) is 12.6 Å². The van der Waals surface area contributed by atoms with Crippen LogP contribution in [0.15, 0.2) is 0 Å². The number of carbonyl (C=O) groups is 3. The number of nitrogens with one attached hydrogen (secondary N) is 1. The van der Waals surface area contributed by atoms with Crippen LogP contribution in [0.25, 0.3) is 0 Å². The lowest BCUT2D eigenvalue weighted by Gasteiger charge is -2.35. The Hall–Kier alpha value is -1.83. The number of carbonyl (C=O) groups excluding carboxylic acids is 2. The minimum atomic E-state index is -0.986. The van der Waals surface area contributed by atoms with E-state index in [0.717, 1.165) is 0 Å². The van der Waals surface area contributed by atoms with Crippen molar-refractivity contribution < 1.29 is 29.0 Å². The first kappa shape index (κ1) is 17.2. The number of hydrogen-bond donors (Lipinski definition) is 2. The molecule has 8 heteroatoms. The summed E-state index contributed by atoms with van der Waals surface area (Å²) in [4.78, 5) is 36.1. The van der Waals surface area contributed by atoms with Crippen molar-refractivity contribution in [1.82, 2.24) is 10.2 Å². The van der Waals surface area contributed by atoms with Crippen molar-refractivity contribution in [1.29, 1.82) is 0 Å². The third-order valence-electron chi connectivity index (χ3n) is 3.37. The van der Waals surface area contributed by atoms with Crippen LogP contribution in [0.5, 0.6) is 0 Å². The summed E-state index contributed by atoms with van der Waals surface area (Å²) in [5, 5.41) is 11.5. The van der Waals surface area contributed by atoms with Crippen LogP contribution in [0.3, 0.4) is 0 Å². The zero-order chi connectivity index (χ0) is 16.0. The van der Waals surface area contributed by atoms with E-state index in [1.54, 1.807) is 0 Å². The molecule has 1 fully saturated rings. The molecular weight excluding hydrogens is 280 g/mol. The maximum atomic E-state index is 12.3. The number of carboxylic acids is 1. The second-order valence-corrected chi connectivity index (χ2v) is 5.21. The summed E-state index contributed by atoms with van der Waals surface area (Å²) in [6.07, 6.45) is -0.170. The number of nitrogens with zero attached hydrogens (tertiary/aromatic N) is 1. The number of rotatable bonds is 5. The lowest BCUT2D eigenvalue weighted by Crippen LogP contribution is -2.58. The highest BCUT2D eigenvalue weighted by molar-refractivity contribution is 5.84. The van der Waals surface area contributed by atoms with E-state index in [-0.39, 0.29) is 25.5 Å². The molecule has 1 aliphatic rings. The predicted molar refractivity (Wildman–Crippen MR) is 72.7 cm³/mol. The van der Waals surface area contributed by atoms with Crippen LogP contribution in [-0.4, -0.2) is 66.9 Å². The molecule has 1 saturated heterocycles. The summed E-state index contributed by atoms with van der Waals surface area (Å²) >= 11 is 0. The highest BCUT2D eigenvalue weighted by atomic mass is 16.5. The second-order valence-electron chi connectivity index (χ2n) is 5.21. The predicted octanol–water partition coefficient (Wildman–Crippen LogP) is 0.0691. The summed E-state index contributed by atoms with van der Waals surface area (Å²) in [6.45, 7) is 4.30. The van der Waals surface area contributed by atoms with Crippen LogP contribution in [-0.2, 0) is 19.1 Å². The summed E-state index contributed by atoms with van der Waals surface area (Å²) in [6, 6.07) is -1.79. The number of hydrogen-bond acceptors (Lipinski definition) is 5. The summed E-state index contributed by atoms with van der Waals surface area (Å²) in [5.74, 6) is -1.58. The molecule has 120 valence electrons. The molecule has 0 aromatic rings. The van der Waals surface area contributed by atoms with Gasteiger partial charge in [-0.25, -0.2) is 9.59 Å². The van der Waals surface area contributed by atoms with Crippen molar-refractivity contribution >= 4 is 18.0 Å². The molecule has 2 unspecified atom stereocenters. The van der Waals surface area contributed by atoms with Gasteiger partial charge >= 0.3 is 18.0 Å². The largest absolute Gasteiger partial charge is 0.481 e. The SMILES string of the molecule is COC(=O)C1COCCN1C(=O)NC(CC(=O)O)C(C)C. The summed E-state index contributed by atoms with van der Waals surface area (Å²) in [7, 11) is 1.24. The van der Waals surface area contributed by atoms with Crippen LogP contribution in [0, 0.1) is 5.92 Å². The molecule has 21 heavy (non-hydrogen) atoms. The molecule has 1 aliphatic heterocycles. The third kappa shape index (κ3) is 4.89. The van der Waals surface area contributed by atoms with E-state index in [4.69, 9.17) is 9.84 Å². The topological polar surface area (TPSA) is 105 Å². The van der Waals surface area contributed by atoms with Crippen LogP contribution in [0.2, 0.25) is 0 Å². The second kappa shape index (κ2) is 7.82. The van der Waals surface area contributed by atoms with Crippen LogP contribution in [0.1, 0.15) is 20.3 Å². The average molecular weight is 302 g/mol. The zero-order valence-electron chi connectivity index (χ0n) is 12.5. The highest BCUT2D eigenvalue weighted by Crippen LogP contribution is 2.12. The molecule has 0 bridgehead atoms. The quantitative estimate of drug-likeness (QED) is 0.696. The van der Waals surface area contributed by atoms with Gasteiger partial charge in [-0.05, 0) is 5.92 Å². The number of urea groups is 1. The Morgan fingerprint density at radius 2 is 2.10 bits per heavy atom. The first-order valence-electron chi connectivity index (χ1n) is 6.81. The van der Waals surface area contributed by atoms with E-state index in [0.29, 0.717) is 6.61 Å². The minimum absolute atomic E-state index is 0.0392. The van der Waals surface area contributed by atoms with E-state index < -0.39 is 30.1 Å². The molecular formula is C13H22N2O6. The lowest BCUT2D eigenvalue weighted by molar-refractivity contribution is -0.151. The van der Waals surface area contributed by atoms with Gasteiger partial charge in [0.15, 0.2) is 6.04 Å². The van der Waals surface area contributed by atoms with Gasteiger partial charge in [-0.15, -0.1) is 0 Å². The zero-order valence-corrected chi connectivity index (χ0v) is 12.5. The van der Waals surface area contributed by atoms with Crippen LogP contribution >= 0.6 is 0 Å². The monoisotopic (exact) mass is 302 g/mol. The van der Waals surface area contributed by atoms with E-state index >= 15 is 0 Å². The minimum Gasteiger partial charge on any atom is -0.481 e. The van der Waals surface area contributed by atoms with Gasteiger partial charge < -0.3 is 24.8 Å². The summed E-state index contributed by atoms with van der Waals surface area (Å²) in [5.41, 5.74) is 0. The van der Waals surface area contributed by atoms with Gasteiger partial charge in [-0.2, -0.15) is 0 Å². The molecule has 0 aromatic heterocycles. The van der Waals surface area contributed by atoms with E-state index in [2.05, 4.69) is 10.1 Å². The Kier molecular flexibility index (Phi) is 6.41. The van der Waals surface area contributed by atoms with Gasteiger partial charge in [0.2, 0.25) is 0 Å². The number of morpholine rings is 1. The van der Waals surface area contributed by atoms with Crippen molar-refractivity contribution in [3.05, 3.63) is 0 Å². The van der Waals surface area contributed by atoms with Crippen molar-refractivity contribution in [2.24, 2.45) is 5.92 Å². The molecule has 1 heterocycles. The Morgan fingerprint density at radius 1 is 1.43 bits per heavy atom. The number of esters is 1. The van der Waals surface area contributed by atoms with Crippen molar-refractivity contribution in [3.63, 3.8) is 0 Å². The molecule has 2 atom stereocenters. The van der Waals surface area contributed by atoms with E-state index in [1.165, 1.54) is 12.0 Å². The van der Waals surface area contributed by atoms with Crippen LogP contribution < -0.4 is 5.32 Å². The first-order valence-corrected chi connectivity index (χ1v) is 6.81. The van der Waals surface area contributed by atoms with Crippen LogP contribution in [0.4, 0.5) is 4.79 Å². The van der Waals surface area contributed by atoms with E-state index in [9.17, 15) is 14.4 Å². The Balaban J connectivity index is 2.74. The van der Waals surface area contributed by atoms with Crippen molar-refractivity contribution in [2.75, 3.05) is 26.9 Å². The van der Waals surface area contributed by atoms with Gasteiger partial charge in [0.25, 0.3) is 0 Å². The molecule has 1 rings (SSSR count). The molecule has 0 spiro atoms. The molecule has 0 aromatic carbocycles. The molecule has 0 radical (unpaired) electrons. The number of aliphatic carboxylic acids is 1. The van der Waals surface area contributed by atoms with Gasteiger partial charge in [0.05, 0.1) is 26.7 Å². The number of carboxylic acid groups (broad SMARTS) is 1. The van der Waals surface area contributed by atoms with Crippen molar-refractivity contribution in [2.45, 2.75) is 32.4 Å². The lowest BCUT2D eigenvalue weighted by atomic mass is 10.0. The average Bonchev–Trinajstić information content (AvgIpc) is 2.45. The Labute approximate surface area is 123 Å². The maximum absolute atomic E-state index is 12.3. The number of methoxy groups -OCH3 is 1.